The molecule has 2 rings (SSSR count). The van der Waals surface area contributed by atoms with Gasteiger partial charge in [0.05, 0.1) is 0 Å². The van der Waals surface area contributed by atoms with E-state index in [0.717, 1.165) is 30.3 Å². The van der Waals surface area contributed by atoms with Gasteiger partial charge in [-0.25, -0.2) is 8.78 Å². The van der Waals surface area contributed by atoms with E-state index in [1.165, 1.54) is 24.1 Å². The number of ether oxygens (including phenoxy) is 1. The predicted molar refractivity (Wildman–Crippen MR) is 102 cm³/mol. The van der Waals surface area contributed by atoms with Crippen LogP contribution in [-0.2, 0) is 11.3 Å². The second kappa shape index (κ2) is 9.76. The van der Waals surface area contributed by atoms with Crippen LogP contribution in [0, 0.1) is 17.6 Å². The van der Waals surface area contributed by atoms with Crippen molar-refractivity contribution in [2.24, 2.45) is 5.92 Å². The van der Waals surface area contributed by atoms with Crippen LogP contribution in [-0.4, -0.2) is 36.2 Å². The molecule has 0 aromatic heterocycles. The van der Waals surface area contributed by atoms with Gasteiger partial charge in [0, 0.05) is 13.6 Å². The molecule has 0 heterocycles. The van der Waals surface area contributed by atoms with Gasteiger partial charge in [-0.3, -0.25) is 9.59 Å². The molecule has 1 atom stereocenters. The Hall–Kier alpha value is -3.17. The van der Waals surface area contributed by atoms with Crippen LogP contribution in [0.3, 0.4) is 0 Å². The van der Waals surface area contributed by atoms with Gasteiger partial charge in [-0.1, -0.05) is 32.0 Å². The SMILES string of the molecule is CC(C)C(NC(=O)c1c(F)cccc1F)C(=O)N(C)Cc1ccc(OC(F)(F)F)cc1. The number of benzene rings is 2. The zero-order valence-corrected chi connectivity index (χ0v) is 17.0. The highest BCUT2D eigenvalue weighted by Gasteiger charge is 2.31. The summed E-state index contributed by atoms with van der Waals surface area (Å²) in [5, 5.41) is 2.36. The first kappa shape index (κ1) is 24.1. The molecule has 168 valence electrons. The molecule has 0 aliphatic carbocycles. The minimum atomic E-state index is -4.81. The molecule has 1 N–H and O–H groups in total. The minimum absolute atomic E-state index is 0.0261. The number of rotatable bonds is 7. The molecule has 0 fully saturated rings. The smallest absolute Gasteiger partial charge is 0.406 e. The van der Waals surface area contributed by atoms with Crippen molar-refractivity contribution >= 4 is 11.8 Å². The summed E-state index contributed by atoms with van der Waals surface area (Å²) in [7, 11) is 1.44. The first-order chi connectivity index (χ1) is 14.4. The van der Waals surface area contributed by atoms with Gasteiger partial charge < -0.3 is 15.0 Å². The van der Waals surface area contributed by atoms with Crippen LogP contribution in [0.4, 0.5) is 22.0 Å². The number of hydrogen-bond donors (Lipinski definition) is 1. The van der Waals surface area contributed by atoms with Crippen LogP contribution in [0.2, 0.25) is 0 Å². The second-order valence-electron chi connectivity index (χ2n) is 7.18. The molecular weight excluding hydrogens is 423 g/mol. The highest BCUT2D eigenvalue weighted by molar-refractivity contribution is 5.98. The van der Waals surface area contributed by atoms with E-state index in [1.807, 2.05) is 0 Å². The molecule has 2 aromatic rings. The summed E-state index contributed by atoms with van der Waals surface area (Å²) < 4.78 is 68.2. The quantitative estimate of drug-likeness (QED) is 0.649. The third-order valence-corrected chi connectivity index (χ3v) is 4.36. The van der Waals surface area contributed by atoms with Crippen LogP contribution in [0.5, 0.6) is 5.75 Å². The largest absolute Gasteiger partial charge is 0.573 e. The van der Waals surface area contributed by atoms with E-state index >= 15 is 0 Å². The van der Waals surface area contributed by atoms with E-state index < -0.39 is 53.1 Å². The van der Waals surface area contributed by atoms with Gasteiger partial charge in [0.15, 0.2) is 0 Å². The maximum Gasteiger partial charge on any atom is 0.573 e. The van der Waals surface area contributed by atoms with Crippen molar-refractivity contribution in [2.75, 3.05) is 7.05 Å². The normalized spacial score (nSPS) is 12.4. The second-order valence-corrected chi connectivity index (χ2v) is 7.18. The van der Waals surface area contributed by atoms with Crippen LogP contribution < -0.4 is 10.1 Å². The lowest BCUT2D eigenvalue weighted by atomic mass is 10.0. The summed E-state index contributed by atoms with van der Waals surface area (Å²) in [5.74, 6) is -4.51. The third-order valence-electron chi connectivity index (χ3n) is 4.36. The lowest BCUT2D eigenvalue weighted by Crippen LogP contribution is -2.50. The number of nitrogens with zero attached hydrogens (tertiary/aromatic N) is 1. The molecule has 0 spiro atoms. The molecule has 2 amide bonds. The Morgan fingerprint density at radius 2 is 1.58 bits per heavy atom. The van der Waals surface area contributed by atoms with E-state index in [9.17, 15) is 31.5 Å². The zero-order valence-electron chi connectivity index (χ0n) is 17.0. The van der Waals surface area contributed by atoms with Gasteiger partial charge >= 0.3 is 6.36 Å². The average Bonchev–Trinajstić information content (AvgIpc) is 2.65. The lowest BCUT2D eigenvalue weighted by Gasteiger charge is -2.27. The fourth-order valence-corrected chi connectivity index (χ4v) is 2.83. The van der Waals surface area contributed by atoms with Crippen molar-refractivity contribution in [3.63, 3.8) is 0 Å². The number of likely N-dealkylation sites (N-methyl/N-ethyl adjacent to an activating group) is 1. The molecule has 0 aliphatic rings. The van der Waals surface area contributed by atoms with E-state index in [2.05, 4.69) is 10.1 Å². The molecule has 0 saturated carbocycles. The van der Waals surface area contributed by atoms with E-state index in [4.69, 9.17) is 0 Å². The number of halogens is 5. The van der Waals surface area contributed by atoms with Crippen molar-refractivity contribution < 1.29 is 36.3 Å². The molecule has 2 aromatic carbocycles. The Bertz CT molecular complexity index is 909. The van der Waals surface area contributed by atoms with E-state index in [0.29, 0.717) is 5.56 Å². The maximum atomic E-state index is 13.9. The summed E-state index contributed by atoms with van der Waals surface area (Å²) in [6, 6.07) is 6.86. The molecular formula is C21H21F5N2O3. The topological polar surface area (TPSA) is 58.6 Å². The Balaban J connectivity index is 2.09. The Morgan fingerprint density at radius 3 is 2.06 bits per heavy atom. The predicted octanol–water partition coefficient (Wildman–Crippen LogP) is 4.28. The maximum absolute atomic E-state index is 13.9. The minimum Gasteiger partial charge on any atom is -0.406 e. The van der Waals surface area contributed by atoms with Gasteiger partial charge in [-0.15, -0.1) is 13.2 Å². The Labute approximate surface area is 175 Å². The van der Waals surface area contributed by atoms with Crippen LogP contribution in [0.25, 0.3) is 0 Å². The highest BCUT2D eigenvalue weighted by Crippen LogP contribution is 2.23. The summed E-state index contributed by atoms with van der Waals surface area (Å²) in [6.07, 6.45) is -4.81. The number of carbonyl (C=O) groups is 2. The van der Waals surface area contributed by atoms with Gasteiger partial charge in [-0.2, -0.15) is 0 Å². The van der Waals surface area contributed by atoms with Gasteiger partial charge in [0.1, 0.15) is 29.0 Å². The first-order valence-electron chi connectivity index (χ1n) is 9.23. The molecule has 0 saturated heterocycles. The molecule has 0 aliphatic heterocycles. The number of carbonyl (C=O) groups excluding carboxylic acids is 2. The number of amides is 2. The fraction of sp³-hybridized carbons (Fsp3) is 0.333. The van der Waals surface area contributed by atoms with Crippen molar-refractivity contribution in [3.8, 4) is 5.75 Å². The monoisotopic (exact) mass is 444 g/mol. The molecule has 0 radical (unpaired) electrons. The number of nitrogens with one attached hydrogen (secondary N) is 1. The standard InChI is InChI=1S/C21H21F5N2O3/c1-12(2)18(27-19(29)17-15(22)5-4-6-16(17)23)20(30)28(3)11-13-7-9-14(10-8-13)31-21(24,25)26/h4-10,12,18H,11H2,1-3H3,(H,27,29). The van der Waals surface area contributed by atoms with Gasteiger partial charge in [0.25, 0.3) is 5.91 Å². The summed E-state index contributed by atoms with van der Waals surface area (Å²) >= 11 is 0. The van der Waals surface area contributed by atoms with E-state index in [1.54, 1.807) is 13.8 Å². The lowest BCUT2D eigenvalue weighted by molar-refractivity contribution is -0.274. The molecule has 5 nitrogen and oxygen atoms in total. The average molecular weight is 444 g/mol. The molecule has 0 bridgehead atoms. The first-order valence-corrected chi connectivity index (χ1v) is 9.23. The van der Waals surface area contributed by atoms with Gasteiger partial charge in [-0.05, 0) is 35.7 Å². The van der Waals surface area contributed by atoms with Crippen molar-refractivity contribution in [1.82, 2.24) is 10.2 Å². The summed E-state index contributed by atoms with van der Waals surface area (Å²) in [5.41, 5.74) is -0.275. The summed E-state index contributed by atoms with van der Waals surface area (Å²) in [6.45, 7) is 3.33. The van der Waals surface area contributed by atoms with Crippen LogP contribution >= 0.6 is 0 Å². The molecule has 10 heteroatoms. The van der Waals surface area contributed by atoms with Crippen molar-refractivity contribution in [3.05, 3.63) is 65.2 Å². The van der Waals surface area contributed by atoms with Gasteiger partial charge in [0.2, 0.25) is 5.91 Å². The molecule has 1 unspecified atom stereocenters. The van der Waals surface area contributed by atoms with Crippen molar-refractivity contribution in [2.45, 2.75) is 32.8 Å². The summed E-state index contributed by atoms with van der Waals surface area (Å²) in [4.78, 5) is 26.5. The number of alkyl halides is 3. The zero-order chi connectivity index (χ0) is 23.3. The number of hydrogen-bond acceptors (Lipinski definition) is 3. The highest BCUT2D eigenvalue weighted by atomic mass is 19.4. The van der Waals surface area contributed by atoms with Crippen LogP contribution in [0.1, 0.15) is 29.8 Å². The Kier molecular flexibility index (Phi) is 7.59. The Morgan fingerprint density at radius 1 is 1.03 bits per heavy atom. The van der Waals surface area contributed by atoms with Crippen molar-refractivity contribution in [1.29, 1.82) is 0 Å². The molecule has 31 heavy (non-hydrogen) atoms. The van der Waals surface area contributed by atoms with Crippen LogP contribution in [0.15, 0.2) is 42.5 Å². The van der Waals surface area contributed by atoms with E-state index in [-0.39, 0.29) is 6.54 Å². The third kappa shape index (κ3) is 6.66. The fourth-order valence-electron chi connectivity index (χ4n) is 2.83.